The second-order valence-electron chi connectivity index (χ2n) is 6.89. The highest BCUT2D eigenvalue weighted by Crippen LogP contribution is 2.40. The van der Waals surface area contributed by atoms with Crippen LogP contribution in [0.25, 0.3) is 11.1 Å². The Hall–Kier alpha value is -2.97. The number of hydrogen-bond acceptors (Lipinski definition) is 5. The molecule has 3 aromatic heterocycles. The first-order valence-corrected chi connectivity index (χ1v) is 8.88. The number of carbonyl (C=O) groups excluding carboxylic acids is 1. The van der Waals surface area contributed by atoms with Crippen LogP contribution < -0.4 is 0 Å². The molecule has 1 unspecified atom stereocenters. The molecule has 1 aliphatic rings. The van der Waals surface area contributed by atoms with Crippen LogP contribution in [0.15, 0.2) is 35.1 Å². The lowest BCUT2D eigenvalue weighted by atomic mass is 9.91. The molecule has 9 heteroatoms. The summed E-state index contributed by atoms with van der Waals surface area (Å²) in [5.41, 5.74) is -0.0699. The van der Waals surface area contributed by atoms with Crippen LogP contribution in [0.5, 0.6) is 0 Å². The van der Waals surface area contributed by atoms with Gasteiger partial charge in [0.15, 0.2) is 0 Å². The van der Waals surface area contributed by atoms with Crippen molar-refractivity contribution >= 4 is 17.0 Å². The Morgan fingerprint density at radius 2 is 2.18 bits per heavy atom. The van der Waals surface area contributed by atoms with E-state index >= 15 is 0 Å². The number of rotatable bonds is 2. The molecule has 28 heavy (non-hydrogen) atoms. The average Bonchev–Trinajstić information content (AvgIpc) is 3.10. The zero-order valence-electron chi connectivity index (χ0n) is 15.0. The minimum Gasteiger partial charge on any atom is -0.338 e. The molecule has 1 fully saturated rings. The summed E-state index contributed by atoms with van der Waals surface area (Å²) in [6.45, 7) is 2.27. The van der Waals surface area contributed by atoms with Crippen molar-refractivity contribution in [3.8, 4) is 0 Å². The molecule has 0 radical (unpaired) electrons. The Labute approximate surface area is 158 Å². The van der Waals surface area contributed by atoms with Gasteiger partial charge in [-0.3, -0.25) is 9.78 Å². The molecule has 6 nitrogen and oxygen atoms in total. The number of halogens is 3. The highest BCUT2D eigenvalue weighted by molar-refractivity contribution is 5.94. The fourth-order valence-corrected chi connectivity index (χ4v) is 3.66. The maximum atomic E-state index is 13.6. The predicted octanol–water partition coefficient (Wildman–Crippen LogP) is 3.96. The number of pyridine rings is 2. The lowest BCUT2D eigenvalue weighted by molar-refractivity contribution is -0.136. The van der Waals surface area contributed by atoms with Gasteiger partial charge in [0.2, 0.25) is 0 Å². The SMILES string of the molecule is Cc1cc(C(F)(F)F)c2c(C3CCCN(C(=O)c4cccnc4)C3)noc2n1. The second kappa shape index (κ2) is 6.88. The first kappa shape index (κ1) is 18.4. The van der Waals surface area contributed by atoms with Gasteiger partial charge in [-0.25, -0.2) is 4.98 Å². The van der Waals surface area contributed by atoms with Crippen molar-refractivity contribution in [2.75, 3.05) is 13.1 Å². The third-order valence-electron chi connectivity index (χ3n) is 4.91. The summed E-state index contributed by atoms with van der Waals surface area (Å²) < 4.78 is 45.9. The Morgan fingerprint density at radius 1 is 1.36 bits per heavy atom. The summed E-state index contributed by atoms with van der Waals surface area (Å²) in [6, 6.07) is 4.34. The number of alkyl halides is 3. The lowest BCUT2D eigenvalue weighted by Crippen LogP contribution is -2.39. The van der Waals surface area contributed by atoms with E-state index in [2.05, 4.69) is 15.1 Å². The van der Waals surface area contributed by atoms with Crippen LogP contribution in [0.2, 0.25) is 0 Å². The summed E-state index contributed by atoms with van der Waals surface area (Å²) in [6.07, 6.45) is -0.224. The van der Waals surface area contributed by atoms with Crippen LogP contribution in [-0.2, 0) is 6.18 Å². The van der Waals surface area contributed by atoms with Gasteiger partial charge in [0, 0.05) is 37.1 Å². The van der Waals surface area contributed by atoms with E-state index in [-0.39, 0.29) is 40.9 Å². The monoisotopic (exact) mass is 390 g/mol. The van der Waals surface area contributed by atoms with E-state index in [1.54, 1.807) is 23.2 Å². The van der Waals surface area contributed by atoms with E-state index in [9.17, 15) is 18.0 Å². The standard InChI is InChI=1S/C19H17F3N4O2/c1-11-8-14(19(20,21)22)15-16(25-28-17(15)24-11)13-5-3-7-26(10-13)18(27)12-4-2-6-23-9-12/h2,4,6,8-9,13H,3,5,7,10H2,1H3. The van der Waals surface area contributed by atoms with Gasteiger partial charge < -0.3 is 9.42 Å². The topological polar surface area (TPSA) is 72.1 Å². The number of aromatic nitrogens is 3. The van der Waals surface area contributed by atoms with Crippen molar-refractivity contribution in [1.29, 1.82) is 0 Å². The second-order valence-corrected chi connectivity index (χ2v) is 6.89. The summed E-state index contributed by atoms with van der Waals surface area (Å²) in [5, 5.41) is 3.80. The van der Waals surface area contributed by atoms with Gasteiger partial charge in [0.1, 0.15) is 0 Å². The van der Waals surface area contributed by atoms with Crippen molar-refractivity contribution in [2.24, 2.45) is 0 Å². The largest absolute Gasteiger partial charge is 0.417 e. The molecule has 146 valence electrons. The van der Waals surface area contributed by atoms with Crippen LogP contribution in [0.3, 0.4) is 0 Å². The molecule has 0 N–H and O–H groups in total. The Bertz CT molecular complexity index is 1020. The molecule has 1 saturated heterocycles. The molecular formula is C19H17F3N4O2. The first-order chi connectivity index (χ1) is 13.3. The van der Waals surface area contributed by atoms with E-state index in [4.69, 9.17) is 4.52 Å². The highest BCUT2D eigenvalue weighted by atomic mass is 19.4. The smallest absolute Gasteiger partial charge is 0.338 e. The van der Waals surface area contributed by atoms with Crippen molar-refractivity contribution < 1.29 is 22.5 Å². The van der Waals surface area contributed by atoms with Gasteiger partial charge in [-0.05, 0) is 38.0 Å². The summed E-state index contributed by atoms with van der Waals surface area (Å²) in [7, 11) is 0. The van der Waals surface area contributed by atoms with Gasteiger partial charge in [-0.15, -0.1) is 0 Å². The fraction of sp³-hybridized carbons (Fsp3) is 0.368. The van der Waals surface area contributed by atoms with Gasteiger partial charge in [-0.2, -0.15) is 13.2 Å². The average molecular weight is 390 g/mol. The number of piperidine rings is 1. The molecule has 0 saturated carbocycles. The van der Waals surface area contributed by atoms with E-state index in [0.717, 1.165) is 6.07 Å². The van der Waals surface area contributed by atoms with E-state index in [0.29, 0.717) is 24.9 Å². The van der Waals surface area contributed by atoms with Crippen LogP contribution in [0, 0.1) is 6.92 Å². The molecule has 0 spiro atoms. The van der Waals surface area contributed by atoms with Gasteiger partial charge in [0.25, 0.3) is 11.6 Å². The maximum absolute atomic E-state index is 13.6. The molecule has 4 rings (SSSR count). The van der Waals surface area contributed by atoms with E-state index in [1.165, 1.54) is 13.1 Å². The normalized spacial score (nSPS) is 17.9. The maximum Gasteiger partial charge on any atom is 0.417 e. The minimum absolute atomic E-state index is 0.112. The number of nitrogens with zero attached hydrogens (tertiary/aromatic N) is 4. The van der Waals surface area contributed by atoms with Crippen LogP contribution in [-0.4, -0.2) is 39.0 Å². The van der Waals surface area contributed by atoms with Crippen molar-refractivity contribution in [3.05, 3.63) is 53.1 Å². The zero-order valence-corrected chi connectivity index (χ0v) is 15.0. The molecule has 3 aromatic rings. The molecule has 0 aromatic carbocycles. The van der Waals surface area contributed by atoms with Gasteiger partial charge >= 0.3 is 6.18 Å². The Morgan fingerprint density at radius 3 is 2.89 bits per heavy atom. The van der Waals surface area contributed by atoms with E-state index in [1.807, 2.05) is 0 Å². The molecule has 1 amide bonds. The third-order valence-corrected chi connectivity index (χ3v) is 4.91. The van der Waals surface area contributed by atoms with Gasteiger partial charge in [-0.1, -0.05) is 5.16 Å². The molecule has 1 aliphatic heterocycles. The molecular weight excluding hydrogens is 373 g/mol. The molecule has 0 bridgehead atoms. The number of likely N-dealkylation sites (tertiary alicyclic amines) is 1. The molecule has 0 aliphatic carbocycles. The number of carbonyl (C=O) groups is 1. The number of fused-ring (bicyclic) bond motifs is 1. The summed E-state index contributed by atoms with van der Waals surface area (Å²) in [5.74, 6) is -0.558. The van der Waals surface area contributed by atoms with Crippen molar-refractivity contribution in [3.63, 3.8) is 0 Å². The fourth-order valence-electron chi connectivity index (χ4n) is 3.66. The number of aryl methyl sites for hydroxylation is 1. The zero-order chi connectivity index (χ0) is 19.9. The van der Waals surface area contributed by atoms with Crippen LogP contribution in [0.1, 0.15) is 46.1 Å². The molecule has 4 heterocycles. The number of amides is 1. The summed E-state index contributed by atoms with van der Waals surface area (Å²) in [4.78, 5) is 22.3. The number of hydrogen-bond donors (Lipinski definition) is 0. The molecule has 1 atom stereocenters. The lowest BCUT2D eigenvalue weighted by Gasteiger charge is -2.32. The van der Waals surface area contributed by atoms with Crippen molar-refractivity contribution in [1.82, 2.24) is 20.0 Å². The third kappa shape index (κ3) is 3.32. The van der Waals surface area contributed by atoms with Crippen molar-refractivity contribution in [2.45, 2.75) is 31.9 Å². The summed E-state index contributed by atoms with van der Waals surface area (Å²) >= 11 is 0. The highest BCUT2D eigenvalue weighted by Gasteiger charge is 2.38. The Balaban J connectivity index is 1.69. The van der Waals surface area contributed by atoms with Crippen LogP contribution >= 0.6 is 0 Å². The first-order valence-electron chi connectivity index (χ1n) is 8.88. The van der Waals surface area contributed by atoms with E-state index < -0.39 is 11.7 Å². The minimum atomic E-state index is -4.55. The van der Waals surface area contributed by atoms with Crippen LogP contribution in [0.4, 0.5) is 13.2 Å². The Kier molecular flexibility index (Phi) is 4.52. The van der Waals surface area contributed by atoms with Gasteiger partial charge in [0.05, 0.1) is 22.2 Å². The predicted molar refractivity (Wildman–Crippen MR) is 93.7 cm³/mol. The quantitative estimate of drug-likeness (QED) is 0.662.